The van der Waals surface area contributed by atoms with Gasteiger partial charge in [0.25, 0.3) is 0 Å². The van der Waals surface area contributed by atoms with Gasteiger partial charge in [0.1, 0.15) is 0 Å². The summed E-state index contributed by atoms with van der Waals surface area (Å²) in [5.74, 6) is 0. The number of hydrogen-bond donors (Lipinski definition) is 0. The molecular weight excluding hydrogens is 126 g/mol. The molecule has 0 N–H and O–H groups in total. The molecule has 2 nitrogen and oxygen atoms in total. The van der Waals surface area contributed by atoms with Gasteiger partial charge in [-0.1, -0.05) is 12.7 Å². The summed E-state index contributed by atoms with van der Waals surface area (Å²) in [5, 5.41) is 0. The fraction of sp³-hybridized carbons (Fsp3) is 0.375. The lowest BCUT2D eigenvalue weighted by atomic mass is 10.3. The Morgan fingerprint density at radius 1 is 1.70 bits per heavy atom. The smallest absolute Gasteiger partial charge is 0.0883 e. The number of rotatable bonds is 4. The van der Waals surface area contributed by atoms with Crippen LogP contribution in [0.2, 0.25) is 0 Å². The van der Waals surface area contributed by atoms with Crippen molar-refractivity contribution in [1.82, 2.24) is 0 Å². The summed E-state index contributed by atoms with van der Waals surface area (Å²) in [6.45, 7) is 5.96. The Morgan fingerprint density at radius 3 is 2.80 bits per heavy atom. The Labute approximate surface area is 61.9 Å². The predicted molar refractivity (Wildman–Crippen MR) is 44.3 cm³/mol. The highest BCUT2D eigenvalue weighted by molar-refractivity contribution is 5.96. The summed E-state index contributed by atoms with van der Waals surface area (Å²) >= 11 is 0. The maximum Gasteiger partial charge on any atom is 0.0883 e. The van der Waals surface area contributed by atoms with E-state index in [1.54, 1.807) is 7.11 Å². The highest BCUT2D eigenvalue weighted by Crippen LogP contribution is 1.84. The summed E-state index contributed by atoms with van der Waals surface area (Å²) < 4.78 is 4.88. The molecule has 0 aliphatic carbocycles. The lowest BCUT2D eigenvalue weighted by Gasteiger charge is -1.95. The van der Waals surface area contributed by atoms with Crippen LogP contribution < -0.4 is 0 Å². The van der Waals surface area contributed by atoms with E-state index in [4.69, 9.17) is 4.74 Å². The average Bonchev–Trinajstić information content (AvgIpc) is 1.90. The molecule has 0 aliphatic rings. The SMILES string of the molecule is C=CN=C(/C=C\C)COC. The van der Waals surface area contributed by atoms with Crippen molar-refractivity contribution in [1.29, 1.82) is 0 Å². The highest BCUT2D eigenvalue weighted by Gasteiger charge is 1.88. The van der Waals surface area contributed by atoms with Crippen LogP contribution in [-0.2, 0) is 4.74 Å². The van der Waals surface area contributed by atoms with E-state index in [0.29, 0.717) is 6.61 Å². The van der Waals surface area contributed by atoms with Crippen LogP contribution in [0.1, 0.15) is 6.92 Å². The van der Waals surface area contributed by atoms with Gasteiger partial charge in [0.05, 0.1) is 12.3 Å². The number of methoxy groups -OCH3 is 1. The molecule has 0 saturated heterocycles. The lowest BCUT2D eigenvalue weighted by molar-refractivity contribution is 0.246. The summed E-state index contributed by atoms with van der Waals surface area (Å²) in [6.07, 6.45) is 5.32. The van der Waals surface area contributed by atoms with Gasteiger partial charge in [-0.05, 0) is 13.0 Å². The fourth-order valence-corrected chi connectivity index (χ4v) is 0.586. The van der Waals surface area contributed by atoms with Crippen LogP contribution in [0.25, 0.3) is 0 Å². The fourth-order valence-electron chi connectivity index (χ4n) is 0.586. The maximum absolute atomic E-state index is 4.88. The largest absolute Gasteiger partial charge is 0.378 e. The third kappa shape index (κ3) is 4.04. The maximum atomic E-state index is 4.88. The second kappa shape index (κ2) is 6.23. The molecule has 0 atom stereocenters. The first kappa shape index (κ1) is 9.11. The third-order valence-electron chi connectivity index (χ3n) is 0.908. The summed E-state index contributed by atoms with van der Waals surface area (Å²) in [6, 6.07) is 0. The lowest BCUT2D eigenvalue weighted by Crippen LogP contribution is -2.02. The van der Waals surface area contributed by atoms with E-state index in [0.717, 1.165) is 5.71 Å². The monoisotopic (exact) mass is 139 g/mol. The zero-order chi connectivity index (χ0) is 7.82. The van der Waals surface area contributed by atoms with Crippen molar-refractivity contribution >= 4 is 5.71 Å². The second-order valence-electron chi connectivity index (χ2n) is 1.74. The molecule has 0 fully saturated rings. The van der Waals surface area contributed by atoms with Crippen molar-refractivity contribution in [2.45, 2.75) is 6.92 Å². The van der Waals surface area contributed by atoms with Crippen LogP contribution in [-0.4, -0.2) is 19.4 Å². The number of allylic oxidation sites excluding steroid dienone is 1. The van der Waals surface area contributed by atoms with Crippen LogP contribution in [0, 0.1) is 0 Å². The van der Waals surface area contributed by atoms with Crippen molar-refractivity contribution in [2.75, 3.05) is 13.7 Å². The molecule has 0 radical (unpaired) electrons. The van der Waals surface area contributed by atoms with Gasteiger partial charge in [0.2, 0.25) is 0 Å². The molecule has 0 aromatic heterocycles. The van der Waals surface area contributed by atoms with Crippen LogP contribution >= 0.6 is 0 Å². The zero-order valence-corrected chi connectivity index (χ0v) is 6.50. The first-order valence-electron chi connectivity index (χ1n) is 3.14. The van der Waals surface area contributed by atoms with Crippen LogP contribution in [0.5, 0.6) is 0 Å². The number of ether oxygens (including phenoxy) is 1. The van der Waals surface area contributed by atoms with E-state index in [1.165, 1.54) is 6.20 Å². The van der Waals surface area contributed by atoms with Gasteiger partial charge < -0.3 is 4.74 Å². The first-order valence-corrected chi connectivity index (χ1v) is 3.14. The standard InChI is InChI=1S/C8H13NO/c1-4-6-8(7-10-3)9-5-2/h4-6H,2,7H2,1,3H3/b6-4-,9-8?. The van der Waals surface area contributed by atoms with Crippen LogP contribution in [0.3, 0.4) is 0 Å². The summed E-state index contributed by atoms with van der Waals surface area (Å²) in [5.41, 5.74) is 0.889. The molecule has 0 saturated carbocycles. The van der Waals surface area contributed by atoms with Crippen molar-refractivity contribution < 1.29 is 4.74 Å². The Bertz CT molecular complexity index is 147. The van der Waals surface area contributed by atoms with Crippen molar-refractivity contribution in [3.05, 3.63) is 24.9 Å². The molecule has 10 heavy (non-hydrogen) atoms. The highest BCUT2D eigenvalue weighted by atomic mass is 16.5. The topological polar surface area (TPSA) is 21.6 Å². The van der Waals surface area contributed by atoms with E-state index < -0.39 is 0 Å². The Hall–Kier alpha value is -0.890. The van der Waals surface area contributed by atoms with Gasteiger partial charge >= 0.3 is 0 Å². The van der Waals surface area contributed by atoms with Gasteiger partial charge in [-0.3, -0.25) is 4.99 Å². The molecule has 0 unspecified atom stereocenters. The normalized spacial score (nSPS) is 12.4. The van der Waals surface area contributed by atoms with Gasteiger partial charge in [-0.25, -0.2) is 0 Å². The van der Waals surface area contributed by atoms with E-state index in [-0.39, 0.29) is 0 Å². The molecule has 2 heteroatoms. The quantitative estimate of drug-likeness (QED) is 0.544. The van der Waals surface area contributed by atoms with Crippen molar-refractivity contribution in [2.24, 2.45) is 4.99 Å². The van der Waals surface area contributed by atoms with Crippen molar-refractivity contribution in [3.8, 4) is 0 Å². The Morgan fingerprint density at radius 2 is 2.40 bits per heavy atom. The minimum absolute atomic E-state index is 0.538. The van der Waals surface area contributed by atoms with E-state index in [2.05, 4.69) is 11.6 Å². The van der Waals surface area contributed by atoms with Gasteiger partial charge in [-0.2, -0.15) is 0 Å². The molecule has 0 aromatic rings. The molecule has 0 aliphatic heterocycles. The number of aliphatic imine (C=N–C) groups is 1. The molecule has 56 valence electrons. The molecule has 0 rings (SSSR count). The van der Waals surface area contributed by atoms with E-state index >= 15 is 0 Å². The summed E-state index contributed by atoms with van der Waals surface area (Å²) in [4.78, 5) is 3.97. The molecule has 0 spiro atoms. The average molecular weight is 139 g/mol. The third-order valence-corrected chi connectivity index (χ3v) is 0.908. The molecule has 0 heterocycles. The zero-order valence-electron chi connectivity index (χ0n) is 6.50. The van der Waals surface area contributed by atoms with Crippen LogP contribution in [0.15, 0.2) is 29.9 Å². The Balaban J connectivity index is 3.96. The van der Waals surface area contributed by atoms with Gasteiger partial charge in [0.15, 0.2) is 0 Å². The Kier molecular flexibility index (Phi) is 5.68. The minimum Gasteiger partial charge on any atom is -0.378 e. The molecule has 0 aromatic carbocycles. The van der Waals surface area contributed by atoms with Gasteiger partial charge in [0, 0.05) is 13.3 Å². The minimum atomic E-state index is 0.538. The molecule has 0 amide bonds. The van der Waals surface area contributed by atoms with Gasteiger partial charge in [-0.15, -0.1) is 0 Å². The van der Waals surface area contributed by atoms with Crippen molar-refractivity contribution in [3.63, 3.8) is 0 Å². The van der Waals surface area contributed by atoms with Crippen LogP contribution in [0.4, 0.5) is 0 Å². The molecular formula is C8H13NO. The van der Waals surface area contributed by atoms with E-state index in [1.807, 2.05) is 19.1 Å². The number of nitrogens with zero attached hydrogens (tertiary/aromatic N) is 1. The number of hydrogen-bond acceptors (Lipinski definition) is 2. The molecule has 0 bridgehead atoms. The van der Waals surface area contributed by atoms with E-state index in [9.17, 15) is 0 Å². The first-order chi connectivity index (χ1) is 4.85. The second-order valence-corrected chi connectivity index (χ2v) is 1.74. The summed E-state index contributed by atoms with van der Waals surface area (Å²) in [7, 11) is 1.64. The predicted octanol–water partition coefficient (Wildman–Crippen LogP) is 1.79.